The quantitative estimate of drug-likeness (QED) is 0.780. The zero-order valence-corrected chi connectivity index (χ0v) is 15.1. The van der Waals surface area contributed by atoms with Crippen LogP contribution in [0.15, 0.2) is 6.20 Å². The summed E-state index contributed by atoms with van der Waals surface area (Å²) in [5, 5.41) is 8.80. The second-order valence-electron chi connectivity index (χ2n) is 8.09. The highest BCUT2D eigenvalue weighted by Gasteiger charge is 2.50. The summed E-state index contributed by atoms with van der Waals surface area (Å²) in [6.07, 6.45) is 9.56. The number of fused-ring (bicyclic) bond motifs is 3. The van der Waals surface area contributed by atoms with Gasteiger partial charge in [-0.05, 0) is 44.6 Å². The summed E-state index contributed by atoms with van der Waals surface area (Å²) >= 11 is 6.40. The monoisotopic (exact) mass is 360 g/mol. The smallest absolute Gasteiger partial charge is 0.176 e. The van der Waals surface area contributed by atoms with Gasteiger partial charge in [-0.25, -0.2) is 4.98 Å². The largest absolute Gasteiger partial charge is 0.367 e. The fraction of sp³-hybridized carbons (Fsp3) is 0.667. The van der Waals surface area contributed by atoms with E-state index in [1.54, 1.807) is 6.20 Å². The van der Waals surface area contributed by atoms with E-state index in [1.165, 1.54) is 36.9 Å². The van der Waals surface area contributed by atoms with Crippen LogP contribution in [0.3, 0.4) is 0 Å². The standard InChI is InChI=1S/C18H25ClN6/c19-14-9-22-25-16(23-12-6-11(21)7-12)13-5-10(8-20)18(3-1-2-4-18)15(13)24-17(14)25/h9-12,23H,1-8,20-21H2. The minimum atomic E-state index is 0.131. The zero-order valence-electron chi connectivity index (χ0n) is 14.3. The molecule has 2 saturated carbocycles. The minimum Gasteiger partial charge on any atom is -0.367 e. The molecule has 2 aromatic heterocycles. The lowest BCUT2D eigenvalue weighted by molar-refractivity contribution is 0.300. The van der Waals surface area contributed by atoms with Gasteiger partial charge in [-0.3, -0.25) is 0 Å². The molecule has 5 N–H and O–H groups in total. The summed E-state index contributed by atoms with van der Waals surface area (Å²) in [6, 6.07) is 0.714. The lowest BCUT2D eigenvalue weighted by Crippen LogP contribution is -2.45. The Hall–Kier alpha value is -1.37. The van der Waals surface area contributed by atoms with Crippen molar-refractivity contribution in [2.45, 2.75) is 62.4 Å². The molecule has 0 aromatic carbocycles. The van der Waals surface area contributed by atoms with E-state index in [2.05, 4.69) is 10.4 Å². The Labute approximate surface area is 152 Å². The van der Waals surface area contributed by atoms with Crippen molar-refractivity contribution >= 4 is 23.1 Å². The van der Waals surface area contributed by atoms with Crippen LogP contribution in [0.2, 0.25) is 5.02 Å². The van der Waals surface area contributed by atoms with Gasteiger partial charge in [0.2, 0.25) is 0 Å². The Morgan fingerprint density at radius 3 is 2.76 bits per heavy atom. The molecule has 0 saturated heterocycles. The molecule has 7 heteroatoms. The van der Waals surface area contributed by atoms with Gasteiger partial charge in [0.15, 0.2) is 5.65 Å². The SMILES string of the molecule is NCC1Cc2c(nc3c(Cl)cnn3c2NC2CC(N)C2)C12CCCC2. The summed E-state index contributed by atoms with van der Waals surface area (Å²) in [7, 11) is 0. The van der Waals surface area contributed by atoms with E-state index in [0.717, 1.165) is 30.7 Å². The predicted octanol–water partition coefficient (Wildman–Crippen LogP) is 2.23. The molecule has 3 aliphatic rings. The predicted molar refractivity (Wildman–Crippen MR) is 99.0 cm³/mol. The number of hydrogen-bond acceptors (Lipinski definition) is 5. The molecule has 3 aliphatic carbocycles. The average Bonchev–Trinajstić information content (AvgIpc) is 3.27. The van der Waals surface area contributed by atoms with Gasteiger partial charge in [-0.1, -0.05) is 24.4 Å². The number of nitrogens with zero attached hydrogens (tertiary/aromatic N) is 3. The van der Waals surface area contributed by atoms with Crippen LogP contribution in [0.4, 0.5) is 5.82 Å². The molecule has 134 valence electrons. The Morgan fingerprint density at radius 2 is 2.08 bits per heavy atom. The summed E-state index contributed by atoms with van der Waals surface area (Å²) in [4.78, 5) is 5.02. The van der Waals surface area contributed by atoms with E-state index >= 15 is 0 Å². The van der Waals surface area contributed by atoms with Crippen molar-refractivity contribution in [3.05, 3.63) is 22.5 Å². The Kier molecular flexibility index (Phi) is 3.53. The number of nitrogens with one attached hydrogen (secondary N) is 1. The van der Waals surface area contributed by atoms with E-state index < -0.39 is 0 Å². The molecule has 0 amide bonds. The highest BCUT2D eigenvalue weighted by molar-refractivity contribution is 6.33. The number of hydrogen-bond donors (Lipinski definition) is 3. The van der Waals surface area contributed by atoms with Crippen molar-refractivity contribution in [1.82, 2.24) is 14.6 Å². The normalized spacial score (nSPS) is 30.0. The number of rotatable bonds is 3. The highest BCUT2D eigenvalue weighted by Crippen LogP contribution is 2.54. The Bertz CT molecular complexity index is 819. The summed E-state index contributed by atoms with van der Waals surface area (Å²) < 4.78 is 1.88. The summed E-state index contributed by atoms with van der Waals surface area (Å²) in [5.41, 5.74) is 15.6. The molecule has 2 heterocycles. The van der Waals surface area contributed by atoms with Gasteiger partial charge in [-0.15, -0.1) is 0 Å². The molecule has 6 nitrogen and oxygen atoms in total. The molecule has 2 fully saturated rings. The first-order valence-corrected chi connectivity index (χ1v) is 9.79. The van der Waals surface area contributed by atoms with Gasteiger partial charge in [0.25, 0.3) is 0 Å². The van der Waals surface area contributed by atoms with Crippen LogP contribution in [0.5, 0.6) is 0 Å². The lowest BCUT2D eigenvalue weighted by Gasteiger charge is -2.34. The van der Waals surface area contributed by atoms with Gasteiger partial charge in [0.1, 0.15) is 10.8 Å². The number of aromatic nitrogens is 3. The molecule has 1 atom stereocenters. The van der Waals surface area contributed by atoms with Crippen molar-refractivity contribution in [2.24, 2.45) is 17.4 Å². The average molecular weight is 361 g/mol. The van der Waals surface area contributed by atoms with Crippen molar-refractivity contribution in [1.29, 1.82) is 0 Å². The van der Waals surface area contributed by atoms with Crippen LogP contribution in [0.25, 0.3) is 5.65 Å². The molecule has 2 aromatic rings. The summed E-state index contributed by atoms with van der Waals surface area (Å²) in [6.45, 7) is 0.708. The number of anilines is 1. The van der Waals surface area contributed by atoms with E-state index in [1.807, 2.05) is 4.52 Å². The maximum absolute atomic E-state index is 6.40. The zero-order chi connectivity index (χ0) is 17.2. The van der Waals surface area contributed by atoms with Gasteiger partial charge in [0.05, 0.1) is 11.9 Å². The van der Waals surface area contributed by atoms with Crippen LogP contribution in [-0.2, 0) is 11.8 Å². The van der Waals surface area contributed by atoms with E-state index in [9.17, 15) is 0 Å². The van der Waals surface area contributed by atoms with Gasteiger partial charge < -0.3 is 16.8 Å². The second-order valence-corrected chi connectivity index (χ2v) is 8.50. The van der Waals surface area contributed by atoms with Crippen LogP contribution < -0.4 is 16.8 Å². The van der Waals surface area contributed by atoms with Gasteiger partial charge >= 0.3 is 0 Å². The van der Waals surface area contributed by atoms with Crippen LogP contribution in [-0.4, -0.2) is 33.2 Å². The van der Waals surface area contributed by atoms with Gasteiger partial charge in [0, 0.05) is 23.1 Å². The molecule has 25 heavy (non-hydrogen) atoms. The fourth-order valence-corrected chi connectivity index (χ4v) is 5.49. The Morgan fingerprint density at radius 1 is 1.32 bits per heavy atom. The van der Waals surface area contributed by atoms with Gasteiger partial charge in [-0.2, -0.15) is 9.61 Å². The third-order valence-electron chi connectivity index (χ3n) is 6.70. The van der Waals surface area contributed by atoms with E-state index in [-0.39, 0.29) is 5.41 Å². The van der Waals surface area contributed by atoms with Crippen molar-refractivity contribution < 1.29 is 0 Å². The third kappa shape index (κ3) is 2.17. The maximum atomic E-state index is 6.40. The number of nitrogens with two attached hydrogens (primary N) is 2. The molecule has 0 aliphatic heterocycles. The third-order valence-corrected chi connectivity index (χ3v) is 6.97. The van der Waals surface area contributed by atoms with Crippen LogP contribution in [0, 0.1) is 5.92 Å². The number of halogens is 1. The molecule has 1 unspecified atom stereocenters. The minimum absolute atomic E-state index is 0.131. The van der Waals surface area contributed by atoms with E-state index in [4.69, 9.17) is 28.1 Å². The van der Waals surface area contributed by atoms with Crippen molar-refractivity contribution in [3.63, 3.8) is 0 Å². The molecule has 0 bridgehead atoms. The fourth-order valence-electron chi connectivity index (χ4n) is 5.32. The molecule has 1 spiro atoms. The highest BCUT2D eigenvalue weighted by atomic mass is 35.5. The lowest BCUT2D eigenvalue weighted by atomic mass is 9.75. The van der Waals surface area contributed by atoms with E-state index in [0.29, 0.717) is 29.6 Å². The summed E-state index contributed by atoms with van der Waals surface area (Å²) in [5.74, 6) is 1.53. The molecular formula is C18H25ClN6. The first-order valence-electron chi connectivity index (χ1n) is 9.41. The van der Waals surface area contributed by atoms with Crippen molar-refractivity contribution in [3.8, 4) is 0 Å². The first kappa shape index (κ1) is 15.9. The van der Waals surface area contributed by atoms with Crippen molar-refractivity contribution in [2.75, 3.05) is 11.9 Å². The molecule has 0 radical (unpaired) electrons. The molecular weight excluding hydrogens is 336 g/mol. The first-order chi connectivity index (χ1) is 12.1. The second kappa shape index (κ2) is 5.56. The molecule has 5 rings (SSSR count). The topological polar surface area (TPSA) is 94.3 Å². The van der Waals surface area contributed by atoms with Crippen LogP contribution in [0.1, 0.15) is 49.8 Å². The Balaban J connectivity index is 1.68. The van der Waals surface area contributed by atoms with Crippen LogP contribution >= 0.6 is 11.6 Å². The maximum Gasteiger partial charge on any atom is 0.176 e.